The van der Waals surface area contributed by atoms with E-state index in [1.807, 2.05) is 42.0 Å². The summed E-state index contributed by atoms with van der Waals surface area (Å²) in [5.41, 5.74) is 1.46. The summed E-state index contributed by atoms with van der Waals surface area (Å²) in [7, 11) is -4.72. The Hall–Kier alpha value is -4.47. The average Bonchev–Trinajstić information content (AvgIpc) is 3.35. The third-order valence-electron chi connectivity index (χ3n) is 7.24. The third-order valence-corrected chi connectivity index (χ3v) is 10.3. The number of benzene rings is 2. The molecule has 0 aliphatic heterocycles. The van der Waals surface area contributed by atoms with Gasteiger partial charge >= 0.3 is 0 Å². The topological polar surface area (TPSA) is 117 Å². The van der Waals surface area contributed by atoms with E-state index in [0.29, 0.717) is 35.0 Å². The van der Waals surface area contributed by atoms with E-state index in [4.69, 9.17) is 14.2 Å². The predicted octanol–water partition coefficient (Wildman–Crippen LogP) is 6.92. The molecular formula is C32H34F3N5O5SSi. The summed E-state index contributed by atoms with van der Waals surface area (Å²) in [5, 5.41) is 5.33. The van der Waals surface area contributed by atoms with Crippen LogP contribution in [-0.4, -0.2) is 50.0 Å². The molecule has 0 fully saturated rings. The highest BCUT2D eigenvalue weighted by molar-refractivity contribution is 7.92. The van der Waals surface area contributed by atoms with E-state index in [2.05, 4.69) is 34.7 Å². The van der Waals surface area contributed by atoms with Gasteiger partial charge in [-0.15, -0.1) is 0 Å². The van der Waals surface area contributed by atoms with Crippen molar-refractivity contribution in [3.8, 4) is 22.8 Å². The maximum absolute atomic E-state index is 15.7. The van der Waals surface area contributed by atoms with E-state index in [1.54, 1.807) is 4.68 Å². The molecule has 0 radical (unpaired) electrons. The number of aromatic nitrogens is 4. The normalized spacial score (nSPS) is 12.0. The predicted molar refractivity (Wildman–Crippen MR) is 174 cm³/mol. The first-order valence-electron chi connectivity index (χ1n) is 14.6. The molecule has 0 spiro atoms. The summed E-state index contributed by atoms with van der Waals surface area (Å²) >= 11 is 0. The van der Waals surface area contributed by atoms with Crippen molar-refractivity contribution < 1.29 is 35.8 Å². The van der Waals surface area contributed by atoms with Crippen molar-refractivity contribution in [3.63, 3.8) is 0 Å². The summed E-state index contributed by atoms with van der Waals surface area (Å²) in [6.45, 7) is 8.83. The van der Waals surface area contributed by atoms with Crippen LogP contribution < -0.4 is 14.2 Å². The number of rotatable bonds is 13. The van der Waals surface area contributed by atoms with Crippen molar-refractivity contribution in [1.29, 1.82) is 0 Å². The molecule has 5 rings (SSSR count). The molecule has 10 nitrogen and oxygen atoms in total. The van der Waals surface area contributed by atoms with Crippen LogP contribution in [0.2, 0.25) is 25.7 Å². The number of hydrogen-bond donors (Lipinski definition) is 1. The summed E-state index contributed by atoms with van der Waals surface area (Å²) in [6, 6.07) is 12.8. The number of halogens is 3. The Morgan fingerprint density at radius 3 is 2.45 bits per heavy atom. The van der Waals surface area contributed by atoms with E-state index < -0.39 is 64.2 Å². The molecule has 0 aliphatic carbocycles. The average molecular weight is 686 g/mol. The molecule has 2 aromatic carbocycles. The number of aryl methyl sites for hydroxylation is 1. The molecule has 3 heterocycles. The van der Waals surface area contributed by atoms with Crippen LogP contribution in [0.25, 0.3) is 22.2 Å². The van der Waals surface area contributed by atoms with Crippen LogP contribution in [0.15, 0.2) is 65.8 Å². The quantitative estimate of drug-likeness (QED) is 0.105. The van der Waals surface area contributed by atoms with Crippen LogP contribution in [0.4, 0.5) is 18.9 Å². The lowest BCUT2D eigenvalue weighted by molar-refractivity contribution is 0.0810. The number of nitrogens with zero attached hydrogens (tertiary/aromatic N) is 4. The standard InChI is InChI=1S/C32H34F3N5O5SSi/c1-20-28-29(21-9-7-6-8-10-21)26(17-36-31(28)40(38-20)19-44-13-14-47(3,4)5)45-18-23-24(34)11-12-25(30(23)35)39-46(41,42)27-15-22(33)16-37-32(27)43-2/h6-12,15-17,39H,13-14,18-19H2,1-5H3. The van der Waals surface area contributed by atoms with Gasteiger partial charge in [0.25, 0.3) is 10.0 Å². The first-order valence-corrected chi connectivity index (χ1v) is 19.8. The van der Waals surface area contributed by atoms with Crippen molar-refractivity contribution in [3.05, 3.63) is 89.6 Å². The summed E-state index contributed by atoms with van der Waals surface area (Å²) in [4.78, 5) is 7.51. The maximum Gasteiger partial charge on any atom is 0.267 e. The van der Waals surface area contributed by atoms with Gasteiger partial charge in [-0.1, -0.05) is 50.0 Å². The third kappa shape index (κ3) is 7.58. The van der Waals surface area contributed by atoms with Crippen molar-refractivity contribution in [2.24, 2.45) is 0 Å². The molecule has 0 amide bonds. The molecule has 248 valence electrons. The fourth-order valence-corrected chi connectivity index (χ4v) is 6.78. The minimum absolute atomic E-state index is 0.201. The first-order chi connectivity index (χ1) is 22.3. The van der Waals surface area contributed by atoms with Gasteiger partial charge in [0.1, 0.15) is 30.7 Å². The second-order valence-electron chi connectivity index (χ2n) is 11.9. The van der Waals surface area contributed by atoms with Crippen LogP contribution in [0.5, 0.6) is 11.6 Å². The number of sulfonamides is 1. The SMILES string of the molecule is COc1ncc(F)cc1S(=O)(=O)Nc1ccc(F)c(COc2cnc3c(c(C)nn3COCC[Si](C)(C)C)c2-c2ccccc2)c1F. The van der Waals surface area contributed by atoms with Gasteiger partial charge in [-0.2, -0.15) is 5.10 Å². The second kappa shape index (κ2) is 13.7. The monoisotopic (exact) mass is 685 g/mol. The highest BCUT2D eigenvalue weighted by Gasteiger charge is 2.26. The molecule has 0 saturated carbocycles. The van der Waals surface area contributed by atoms with Crippen molar-refractivity contribution in [1.82, 2.24) is 19.7 Å². The Bertz CT molecular complexity index is 2020. The van der Waals surface area contributed by atoms with Gasteiger partial charge in [-0.25, -0.2) is 36.2 Å². The highest BCUT2D eigenvalue weighted by Crippen LogP contribution is 2.38. The zero-order valence-electron chi connectivity index (χ0n) is 26.5. The van der Waals surface area contributed by atoms with E-state index in [0.717, 1.165) is 37.0 Å². The number of ether oxygens (including phenoxy) is 3. The number of nitrogens with one attached hydrogen (secondary N) is 1. The Balaban J connectivity index is 1.47. The molecule has 0 bridgehead atoms. The van der Waals surface area contributed by atoms with Crippen molar-refractivity contribution in [2.75, 3.05) is 18.4 Å². The van der Waals surface area contributed by atoms with Gasteiger partial charge in [0.15, 0.2) is 16.4 Å². The van der Waals surface area contributed by atoms with Crippen LogP contribution in [-0.2, 0) is 28.1 Å². The number of pyridine rings is 2. The first kappa shape index (κ1) is 33.9. The minimum atomic E-state index is -4.59. The van der Waals surface area contributed by atoms with Gasteiger partial charge in [0, 0.05) is 26.3 Å². The lowest BCUT2D eigenvalue weighted by Gasteiger charge is -2.16. The number of hydrogen-bond acceptors (Lipinski definition) is 8. The zero-order valence-corrected chi connectivity index (χ0v) is 28.3. The fourth-order valence-electron chi connectivity index (χ4n) is 4.83. The van der Waals surface area contributed by atoms with Gasteiger partial charge < -0.3 is 14.2 Å². The molecule has 0 aliphatic rings. The molecule has 1 N–H and O–H groups in total. The van der Waals surface area contributed by atoms with Gasteiger partial charge in [0.05, 0.1) is 41.8 Å². The van der Waals surface area contributed by atoms with Gasteiger partial charge in [0.2, 0.25) is 5.88 Å². The molecule has 0 unspecified atom stereocenters. The van der Waals surface area contributed by atoms with Crippen LogP contribution in [0.3, 0.4) is 0 Å². The molecule has 3 aromatic heterocycles. The Labute approximate surface area is 271 Å². The molecule has 5 aromatic rings. The number of methoxy groups -OCH3 is 1. The van der Waals surface area contributed by atoms with E-state index in [9.17, 15) is 12.8 Å². The second-order valence-corrected chi connectivity index (χ2v) is 19.2. The maximum atomic E-state index is 15.7. The summed E-state index contributed by atoms with van der Waals surface area (Å²) in [5.74, 6) is -3.31. The van der Waals surface area contributed by atoms with Gasteiger partial charge in [-0.05, 0) is 30.7 Å². The highest BCUT2D eigenvalue weighted by atomic mass is 32.2. The van der Waals surface area contributed by atoms with E-state index >= 15 is 8.78 Å². The number of anilines is 1. The van der Waals surface area contributed by atoms with Crippen molar-refractivity contribution >= 4 is 34.8 Å². The van der Waals surface area contributed by atoms with Gasteiger partial charge in [-0.3, -0.25) is 4.72 Å². The largest absolute Gasteiger partial charge is 0.486 e. The summed E-state index contributed by atoms with van der Waals surface area (Å²) < 4.78 is 91.2. The van der Waals surface area contributed by atoms with Crippen LogP contribution >= 0.6 is 0 Å². The molecule has 47 heavy (non-hydrogen) atoms. The smallest absolute Gasteiger partial charge is 0.267 e. The lowest BCUT2D eigenvalue weighted by atomic mass is 10.0. The molecular weight excluding hydrogens is 652 g/mol. The Morgan fingerprint density at radius 1 is 1.00 bits per heavy atom. The summed E-state index contributed by atoms with van der Waals surface area (Å²) in [6.07, 6.45) is 2.23. The Kier molecular flexibility index (Phi) is 9.88. The van der Waals surface area contributed by atoms with Crippen LogP contribution in [0, 0.1) is 24.4 Å². The Morgan fingerprint density at radius 2 is 1.74 bits per heavy atom. The molecule has 0 saturated heterocycles. The fraction of sp³-hybridized carbons (Fsp3) is 0.281. The van der Waals surface area contributed by atoms with E-state index in [1.165, 1.54) is 6.20 Å². The van der Waals surface area contributed by atoms with Crippen LogP contribution in [0.1, 0.15) is 11.3 Å². The van der Waals surface area contributed by atoms with Crippen molar-refractivity contribution in [2.45, 2.75) is 50.8 Å². The van der Waals surface area contributed by atoms with E-state index in [-0.39, 0.29) is 12.5 Å². The molecule has 0 atom stereocenters. The lowest BCUT2D eigenvalue weighted by Crippen LogP contribution is -2.22. The number of fused-ring (bicyclic) bond motifs is 1. The minimum Gasteiger partial charge on any atom is -0.486 e. The molecule has 15 heteroatoms. The zero-order chi connectivity index (χ0) is 33.9.